The number of H-pyrrole nitrogens is 1. The summed E-state index contributed by atoms with van der Waals surface area (Å²) in [6, 6.07) is 6.62. The number of hydrogen-bond acceptors (Lipinski definition) is 4. The SMILES string of the molecule is Cc1cc2c(c(=O)[nH]1)[C@@H](c1ccc(OC(F)(F)F)cc1)CC(=O)O2. The van der Waals surface area contributed by atoms with E-state index in [4.69, 9.17) is 4.74 Å². The first-order valence-electron chi connectivity index (χ1n) is 7.03. The van der Waals surface area contributed by atoms with Crippen LogP contribution in [0.3, 0.4) is 0 Å². The van der Waals surface area contributed by atoms with Crippen LogP contribution in [0.25, 0.3) is 0 Å². The molecular formula is C16H12F3NO4. The number of aryl methyl sites for hydroxylation is 1. The number of esters is 1. The van der Waals surface area contributed by atoms with Crippen LogP contribution in [-0.4, -0.2) is 17.3 Å². The number of halogens is 3. The lowest BCUT2D eigenvalue weighted by atomic mass is 9.87. The Bertz CT molecular complexity index is 840. The number of alkyl halides is 3. The Kier molecular flexibility index (Phi) is 3.82. The number of carbonyl (C=O) groups is 1. The largest absolute Gasteiger partial charge is 0.573 e. The lowest BCUT2D eigenvalue weighted by Crippen LogP contribution is -2.28. The van der Waals surface area contributed by atoms with Crippen LogP contribution in [0.2, 0.25) is 0 Å². The Morgan fingerprint density at radius 2 is 1.88 bits per heavy atom. The molecule has 5 nitrogen and oxygen atoms in total. The van der Waals surface area contributed by atoms with Crippen LogP contribution in [0.4, 0.5) is 13.2 Å². The van der Waals surface area contributed by atoms with Gasteiger partial charge in [-0.25, -0.2) is 0 Å². The third-order valence-electron chi connectivity index (χ3n) is 3.63. The summed E-state index contributed by atoms with van der Waals surface area (Å²) in [5.74, 6) is -1.30. The molecule has 0 amide bonds. The van der Waals surface area contributed by atoms with Gasteiger partial charge in [0.25, 0.3) is 5.56 Å². The summed E-state index contributed by atoms with van der Waals surface area (Å²) in [5, 5.41) is 0. The van der Waals surface area contributed by atoms with E-state index in [1.165, 1.54) is 12.1 Å². The second-order valence-electron chi connectivity index (χ2n) is 5.41. The molecule has 8 heteroatoms. The average molecular weight is 339 g/mol. The second kappa shape index (κ2) is 5.70. The number of benzene rings is 1. The molecule has 0 spiro atoms. The van der Waals surface area contributed by atoms with Crippen LogP contribution < -0.4 is 15.0 Å². The second-order valence-corrected chi connectivity index (χ2v) is 5.41. The van der Waals surface area contributed by atoms with E-state index in [0.29, 0.717) is 11.3 Å². The van der Waals surface area contributed by atoms with Gasteiger partial charge in [0.2, 0.25) is 0 Å². The van der Waals surface area contributed by atoms with Gasteiger partial charge >= 0.3 is 12.3 Å². The van der Waals surface area contributed by atoms with E-state index in [0.717, 1.165) is 12.1 Å². The quantitative estimate of drug-likeness (QED) is 0.854. The minimum atomic E-state index is -4.78. The van der Waals surface area contributed by atoms with Crippen molar-refractivity contribution in [3.05, 3.63) is 57.5 Å². The molecule has 0 unspecified atom stereocenters. The molecule has 0 saturated heterocycles. The minimum Gasteiger partial charge on any atom is -0.426 e. The zero-order valence-corrected chi connectivity index (χ0v) is 12.4. The average Bonchev–Trinajstić information content (AvgIpc) is 2.44. The van der Waals surface area contributed by atoms with Crippen LogP contribution in [0, 0.1) is 6.92 Å². The molecule has 1 aromatic heterocycles. The fourth-order valence-corrected chi connectivity index (χ4v) is 2.70. The summed E-state index contributed by atoms with van der Waals surface area (Å²) >= 11 is 0. The van der Waals surface area contributed by atoms with E-state index in [1.54, 1.807) is 13.0 Å². The zero-order chi connectivity index (χ0) is 17.5. The van der Waals surface area contributed by atoms with Crippen molar-refractivity contribution in [1.82, 2.24) is 4.98 Å². The molecule has 0 aliphatic carbocycles. The number of aromatic amines is 1. The van der Waals surface area contributed by atoms with Crippen molar-refractivity contribution < 1.29 is 27.4 Å². The number of rotatable bonds is 2. The number of carbonyl (C=O) groups excluding carboxylic acids is 1. The van der Waals surface area contributed by atoms with Crippen LogP contribution >= 0.6 is 0 Å². The topological polar surface area (TPSA) is 68.4 Å². The zero-order valence-electron chi connectivity index (χ0n) is 12.4. The molecule has 0 bridgehead atoms. The van der Waals surface area contributed by atoms with E-state index >= 15 is 0 Å². The Morgan fingerprint density at radius 1 is 1.21 bits per heavy atom. The number of hydrogen-bond donors (Lipinski definition) is 1. The van der Waals surface area contributed by atoms with Crippen molar-refractivity contribution in [1.29, 1.82) is 0 Å². The van der Waals surface area contributed by atoms with Gasteiger partial charge in [0.15, 0.2) is 0 Å². The highest BCUT2D eigenvalue weighted by molar-refractivity contribution is 5.77. The van der Waals surface area contributed by atoms with Gasteiger partial charge in [-0.3, -0.25) is 9.59 Å². The molecular weight excluding hydrogens is 327 g/mol. The maximum atomic E-state index is 12.2. The van der Waals surface area contributed by atoms with Gasteiger partial charge in [-0.1, -0.05) is 12.1 Å². The van der Waals surface area contributed by atoms with Gasteiger partial charge < -0.3 is 14.5 Å². The molecule has 2 aromatic rings. The minimum absolute atomic E-state index is 0.0708. The molecule has 126 valence electrons. The number of pyridine rings is 1. The molecule has 0 saturated carbocycles. The van der Waals surface area contributed by atoms with Crippen molar-refractivity contribution >= 4 is 5.97 Å². The lowest BCUT2D eigenvalue weighted by molar-refractivity contribution is -0.274. The molecule has 1 aromatic carbocycles. The van der Waals surface area contributed by atoms with Crippen LogP contribution in [0.15, 0.2) is 35.1 Å². The predicted molar refractivity (Wildman–Crippen MR) is 77.0 cm³/mol. The molecule has 0 fully saturated rings. The van der Waals surface area contributed by atoms with E-state index < -0.39 is 23.8 Å². The van der Waals surface area contributed by atoms with Gasteiger partial charge in [0.1, 0.15) is 11.5 Å². The van der Waals surface area contributed by atoms with Crippen LogP contribution in [-0.2, 0) is 4.79 Å². The molecule has 24 heavy (non-hydrogen) atoms. The molecule has 0 radical (unpaired) electrons. The smallest absolute Gasteiger partial charge is 0.426 e. The molecule has 1 aliphatic rings. The summed E-state index contributed by atoms with van der Waals surface area (Å²) in [6.45, 7) is 1.66. The number of ether oxygens (including phenoxy) is 2. The highest BCUT2D eigenvalue weighted by Crippen LogP contribution is 2.37. The van der Waals surface area contributed by atoms with Crippen molar-refractivity contribution in [2.45, 2.75) is 25.6 Å². The van der Waals surface area contributed by atoms with Crippen molar-refractivity contribution in [2.24, 2.45) is 0 Å². The summed E-state index contributed by atoms with van der Waals surface area (Å²) in [6.07, 6.45) is -4.85. The first kappa shape index (κ1) is 16.1. The predicted octanol–water partition coefficient (Wildman–Crippen LogP) is 3.02. The number of fused-ring (bicyclic) bond motifs is 1. The van der Waals surface area contributed by atoms with Gasteiger partial charge in [-0.2, -0.15) is 0 Å². The maximum Gasteiger partial charge on any atom is 0.573 e. The summed E-state index contributed by atoms with van der Waals surface area (Å²) in [5.41, 5.74) is 0.959. The fourth-order valence-electron chi connectivity index (χ4n) is 2.70. The van der Waals surface area contributed by atoms with Crippen molar-refractivity contribution in [2.75, 3.05) is 0 Å². The molecule has 2 heterocycles. The van der Waals surface area contributed by atoms with Gasteiger partial charge in [-0.15, -0.1) is 13.2 Å². The summed E-state index contributed by atoms with van der Waals surface area (Å²) in [7, 11) is 0. The van der Waals surface area contributed by atoms with Crippen LogP contribution in [0.5, 0.6) is 11.5 Å². The number of nitrogens with one attached hydrogen (secondary N) is 1. The Labute approximate surface area is 134 Å². The van der Waals surface area contributed by atoms with Gasteiger partial charge in [-0.05, 0) is 24.6 Å². The van der Waals surface area contributed by atoms with E-state index in [2.05, 4.69) is 9.72 Å². The van der Waals surface area contributed by atoms with Crippen molar-refractivity contribution in [3.8, 4) is 11.5 Å². The monoisotopic (exact) mass is 339 g/mol. The van der Waals surface area contributed by atoms with E-state index in [9.17, 15) is 22.8 Å². The lowest BCUT2D eigenvalue weighted by Gasteiger charge is -2.24. The molecule has 3 rings (SSSR count). The molecule has 1 atom stereocenters. The standard InChI is InChI=1S/C16H12F3NO4/c1-8-6-12-14(15(22)20-8)11(7-13(21)23-12)9-2-4-10(5-3-9)24-16(17,18)19/h2-6,11H,7H2,1H3,(H,20,22)/t11-/m1/s1. The third-order valence-corrected chi connectivity index (χ3v) is 3.63. The Morgan fingerprint density at radius 3 is 2.50 bits per heavy atom. The van der Waals surface area contributed by atoms with Crippen molar-refractivity contribution in [3.63, 3.8) is 0 Å². The Hall–Kier alpha value is -2.77. The van der Waals surface area contributed by atoms with Crippen LogP contribution in [0.1, 0.15) is 29.2 Å². The van der Waals surface area contributed by atoms with E-state index in [1.807, 2.05) is 0 Å². The first-order chi connectivity index (χ1) is 11.2. The fraction of sp³-hybridized carbons (Fsp3) is 0.250. The number of aromatic nitrogens is 1. The maximum absolute atomic E-state index is 12.2. The highest BCUT2D eigenvalue weighted by Gasteiger charge is 2.33. The molecule has 1 aliphatic heterocycles. The third kappa shape index (κ3) is 3.27. The normalized spacial score (nSPS) is 17.2. The Balaban J connectivity index is 1.99. The summed E-state index contributed by atoms with van der Waals surface area (Å²) < 4.78 is 45.5. The molecule has 1 N–H and O–H groups in total. The highest BCUT2D eigenvalue weighted by atomic mass is 19.4. The first-order valence-corrected chi connectivity index (χ1v) is 7.03. The van der Waals surface area contributed by atoms with E-state index in [-0.39, 0.29) is 23.5 Å². The summed E-state index contributed by atoms with van der Waals surface area (Å²) in [4.78, 5) is 26.6. The van der Waals surface area contributed by atoms with Gasteiger partial charge in [0, 0.05) is 17.7 Å². The van der Waals surface area contributed by atoms with Gasteiger partial charge in [0.05, 0.1) is 12.0 Å².